The van der Waals surface area contributed by atoms with Crippen LogP contribution in [0, 0.1) is 0 Å². The third-order valence-corrected chi connectivity index (χ3v) is 5.93. The van der Waals surface area contributed by atoms with Gasteiger partial charge < -0.3 is 10.6 Å². The van der Waals surface area contributed by atoms with Crippen LogP contribution in [0.1, 0.15) is 53.0 Å². The predicted octanol–water partition coefficient (Wildman–Crippen LogP) is 5.80. The van der Waals surface area contributed by atoms with Gasteiger partial charge in [-0.2, -0.15) is 18.3 Å². The van der Waals surface area contributed by atoms with Gasteiger partial charge in [-0.25, -0.2) is 4.68 Å². The van der Waals surface area contributed by atoms with Gasteiger partial charge in [0.05, 0.1) is 18.3 Å². The number of fused-ring (bicyclic) bond motifs is 1. The fraction of sp³-hybridized carbons (Fsp3) is 0.273. The summed E-state index contributed by atoms with van der Waals surface area (Å²) in [7, 11) is 0. The van der Waals surface area contributed by atoms with Crippen molar-refractivity contribution in [2.75, 3.05) is 5.32 Å². The van der Waals surface area contributed by atoms with Gasteiger partial charge in [-0.15, -0.1) is 0 Å². The zero-order valence-electron chi connectivity index (χ0n) is 16.5. The Labute approximate surface area is 185 Å². The van der Waals surface area contributed by atoms with Gasteiger partial charge in [0.1, 0.15) is 11.4 Å². The molecule has 31 heavy (non-hydrogen) atoms. The number of halogens is 4. The highest BCUT2D eigenvalue weighted by Crippen LogP contribution is 2.44. The van der Waals surface area contributed by atoms with Crippen LogP contribution < -0.4 is 10.6 Å². The van der Waals surface area contributed by atoms with E-state index in [0.29, 0.717) is 5.56 Å². The van der Waals surface area contributed by atoms with Gasteiger partial charge in [-0.1, -0.05) is 58.4 Å². The Hall–Kier alpha value is -2.81. The normalized spacial score (nSPS) is 19.3. The lowest BCUT2D eigenvalue weighted by molar-refractivity contribution is -0.173. The molecule has 2 heterocycles. The molecule has 0 aliphatic carbocycles. The summed E-state index contributed by atoms with van der Waals surface area (Å²) in [6.07, 6.45) is -3.53. The van der Waals surface area contributed by atoms with Crippen LogP contribution in [0.5, 0.6) is 0 Å². The van der Waals surface area contributed by atoms with Crippen LogP contribution in [0.2, 0.25) is 0 Å². The number of aromatic nitrogens is 2. The van der Waals surface area contributed by atoms with Crippen LogP contribution in [-0.2, 0) is 0 Å². The number of alkyl halides is 3. The Morgan fingerprint density at radius 2 is 1.87 bits per heavy atom. The molecule has 3 atom stereocenters. The zero-order valence-corrected chi connectivity index (χ0v) is 18.1. The molecule has 1 aliphatic heterocycles. The number of carbonyl (C=O) groups is 1. The number of hydrogen-bond donors (Lipinski definition) is 2. The quantitative estimate of drug-likeness (QED) is 0.484. The highest BCUT2D eigenvalue weighted by atomic mass is 79.9. The molecule has 3 aromatic rings. The van der Waals surface area contributed by atoms with Crippen molar-refractivity contribution in [3.05, 3.63) is 82.0 Å². The fourth-order valence-corrected chi connectivity index (χ4v) is 4.01. The first-order chi connectivity index (χ1) is 14.7. The molecule has 4 rings (SSSR count). The van der Waals surface area contributed by atoms with Crippen molar-refractivity contribution >= 4 is 27.7 Å². The van der Waals surface area contributed by atoms with Crippen LogP contribution >= 0.6 is 15.9 Å². The number of hydrogen-bond acceptors (Lipinski definition) is 3. The first-order valence-corrected chi connectivity index (χ1v) is 10.6. The highest BCUT2D eigenvalue weighted by Gasteiger charge is 2.47. The summed E-state index contributed by atoms with van der Waals surface area (Å²) in [4.78, 5) is 12.9. The van der Waals surface area contributed by atoms with Crippen LogP contribution in [0.4, 0.5) is 19.0 Å². The topological polar surface area (TPSA) is 59.0 Å². The molecule has 0 spiro atoms. The maximum absolute atomic E-state index is 13.8. The molecule has 9 heteroatoms. The molecule has 1 aliphatic rings. The monoisotopic (exact) mass is 492 g/mol. The summed E-state index contributed by atoms with van der Waals surface area (Å²) in [5, 5.41) is 9.86. The molecule has 0 unspecified atom stereocenters. The van der Waals surface area contributed by atoms with E-state index >= 15 is 0 Å². The number of anilines is 1. The third kappa shape index (κ3) is 4.46. The summed E-state index contributed by atoms with van der Waals surface area (Å²) < 4.78 is 43.2. The minimum absolute atomic E-state index is 0.0688. The van der Waals surface area contributed by atoms with Crippen molar-refractivity contribution in [3.8, 4) is 0 Å². The fourth-order valence-electron chi connectivity index (χ4n) is 3.74. The molecule has 0 fully saturated rings. The minimum Gasteiger partial charge on any atom is -0.363 e. The van der Waals surface area contributed by atoms with E-state index in [1.807, 2.05) is 37.3 Å². The van der Waals surface area contributed by atoms with Crippen molar-refractivity contribution in [2.24, 2.45) is 0 Å². The average Bonchev–Trinajstić information content (AvgIpc) is 3.17. The molecule has 1 amide bonds. The number of nitrogens with one attached hydrogen (secondary N) is 2. The number of amides is 1. The molecule has 0 bridgehead atoms. The van der Waals surface area contributed by atoms with Crippen LogP contribution in [0.15, 0.2) is 65.3 Å². The van der Waals surface area contributed by atoms with Gasteiger partial charge in [0.15, 0.2) is 6.04 Å². The van der Waals surface area contributed by atoms with E-state index in [0.717, 1.165) is 14.7 Å². The van der Waals surface area contributed by atoms with Gasteiger partial charge in [0.2, 0.25) is 0 Å². The summed E-state index contributed by atoms with van der Waals surface area (Å²) in [5.74, 6) is -0.415. The van der Waals surface area contributed by atoms with Gasteiger partial charge in [0.25, 0.3) is 5.91 Å². The molecule has 162 valence electrons. The van der Waals surface area contributed by atoms with Crippen molar-refractivity contribution in [3.63, 3.8) is 0 Å². The lowest BCUT2D eigenvalue weighted by Crippen LogP contribution is -2.36. The summed E-state index contributed by atoms with van der Waals surface area (Å²) in [5.41, 5.74) is 1.68. The van der Waals surface area contributed by atoms with Crippen LogP contribution in [-0.4, -0.2) is 21.9 Å². The molecule has 5 nitrogen and oxygen atoms in total. The molecule has 0 radical (unpaired) electrons. The third-order valence-electron chi connectivity index (χ3n) is 5.40. The molecule has 0 saturated heterocycles. The van der Waals surface area contributed by atoms with Gasteiger partial charge in [0, 0.05) is 10.9 Å². The second kappa shape index (κ2) is 8.37. The molecular weight excluding hydrogens is 473 g/mol. The number of carbonyl (C=O) groups excluding carboxylic acids is 1. The predicted molar refractivity (Wildman–Crippen MR) is 115 cm³/mol. The number of benzene rings is 2. The number of rotatable bonds is 4. The second-order valence-corrected chi connectivity index (χ2v) is 8.41. The summed E-state index contributed by atoms with van der Waals surface area (Å²) in [6.45, 7) is 1.82. The highest BCUT2D eigenvalue weighted by molar-refractivity contribution is 9.10. The SMILES string of the molecule is C[C@@H](NC(=O)c1cnn2c1N[C@H](c1ccc(Br)cc1)C[C@@H]2C(F)(F)F)c1ccccc1. The van der Waals surface area contributed by atoms with Crippen molar-refractivity contribution < 1.29 is 18.0 Å². The van der Waals surface area contributed by atoms with Crippen molar-refractivity contribution in [1.82, 2.24) is 15.1 Å². The molecule has 0 saturated carbocycles. The lowest BCUT2D eigenvalue weighted by atomic mass is 9.96. The molecule has 2 aromatic carbocycles. The van der Waals surface area contributed by atoms with E-state index < -0.39 is 24.2 Å². The lowest BCUT2D eigenvalue weighted by Gasteiger charge is -2.34. The van der Waals surface area contributed by atoms with E-state index in [1.165, 1.54) is 6.20 Å². The maximum atomic E-state index is 13.8. The molecule has 2 N–H and O–H groups in total. The van der Waals surface area contributed by atoms with E-state index in [-0.39, 0.29) is 23.8 Å². The van der Waals surface area contributed by atoms with E-state index in [2.05, 4.69) is 31.7 Å². The van der Waals surface area contributed by atoms with Gasteiger partial charge in [-0.3, -0.25) is 4.79 Å². The van der Waals surface area contributed by atoms with Gasteiger partial charge >= 0.3 is 6.18 Å². The Bertz CT molecular complexity index is 1070. The first kappa shape index (κ1) is 21.4. The molecular formula is C22H20BrF3N4O. The largest absolute Gasteiger partial charge is 0.410 e. The summed E-state index contributed by atoms with van der Waals surface area (Å²) >= 11 is 3.34. The average molecular weight is 493 g/mol. The molecule has 1 aromatic heterocycles. The van der Waals surface area contributed by atoms with Crippen LogP contribution in [0.25, 0.3) is 0 Å². The first-order valence-electron chi connectivity index (χ1n) is 9.76. The van der Waals surface area contributed by atoms with E-state index in [9.17, 15) is 18.0 Å². The Balaban J connectivity index is 1.65. The minimum atomic E-state index is -4.50. The second-order valence-electron chi connectivity index (χ2n) is 7.50. The van der Waals surface area contributed by atoms with Crippen molar-refractivity contribution in [1.29, 1.82) is 0 Å². The smallest absolute Gasteiger partial charge is 0.363 e. The Morgan fingerprint density at radius 1 is 1.19 bits per heavy atom. The van der Waals surface area contributed by atoms with E-state index in [4.69, 9.17) is 0 Å². The summed E-state index contributed by atoms with van der Waals surface area (Å²) in [6, 6.07) is 13.7. The number of nitrogens with zero attached hydrogens (tertiary/aromatic N) is 2. The van der Waals surface area contributed by atoms with Gasteiger partial charge in [-0.05, 0) is 30.2 Å². The van der Waals surface area contributed by atoms with Crippen LogP contribution in [0.3, 0.4) is 0 Å². The standard InChI is InChI=1S/C22H20BrF3N4O/c1-13(14-5-3-2-4-6-14)28-21(31)17-12-27-30-19(22(24,25)26)11-18(29-20(17)30)15-7-9-16(23)10-8-15/h2-10,12-13,18-19,29H,11H2,1H3,(H,28,31)/t13-,18+,19-/m1/s1. The van der Waals surface area contributed by atoms with E-state index in [1.54, 1.807) is 24.3 Å². The Kier molecular flexibility index (Phi) is 5.79. The zero-order chi connectivity index (χ0) is 22.2. The Morgan fingerprint density at radius 3 is 2.52 bits per heavy atom. The van der Waals surface area contributed by atoms with Crippen molar-refractivity contribution in [2.45, 2.75) is 37.6 Å². The maximum Gasteiger partial charge on any atom is 0.410 e.